The van der Waals surface area contributed by atoms with Gasteiger partial charge in [0.2, 0.25) is 0 Å². The van der Waals surface area contributed by atoms with E-state index in [2.05, 4.69) is 29.0 Å². The Morgan fingerprint density at radius 2 is 2.19 bits per heavy atom. The summed E-state index contributed by atoms with van der Waals surface area (Å²) < 4.78 is 13.5. The summed E-state index contributed by atoms with van der Waals surface area (Å²) in [6, 6.07) is 1.63. The zero-order valence-corrected chi connectivity index (χ0v) is 13.4. The molecule has 0 aromatic carbocycles. The summed E-state index contributed by atoms with van der Waals surface area (Å²) in [4.78, 5) is 6.73. The van der Waals surface area contributed by atoms with Crippen molar-refractivity contribution in [1.29, 1.82) is 0 Å². The van der Waals surface area contributed by atoms with Crippen molar-refractivity contribution in [1.82, 2.24) is 10.3 Å². The van der Waals surface area contributed by atoms with Crippen LogP contribution in [-0.4, -0.2) is 24.6 Å². The molecule has 1 aromatic heterocycles. The number of aromatic nitrogens is 1. The van der Waals surface area contributed by atoms with Gasteiger partial charge in [0, 0.05) is 25.2 Å². The first kappa shape index (κ1) is 16.2. The molecule has 1 N–H and O–H groups in total. The smallest absolute Gasteiger partial charge is 0.141 e. The topological polar surface area (TPSA) is 28.2 Å². The monoisotopic (exact) mass is 293 g/mol. The van der Waals surface area contributed by atoms with Crippen LogP contribution in [0.2, 0.25) is 0 Å². The van der Waals surface area contributed by atoms with Crippen molar-refractivity contribution < 1.29 is 4.39 Å². The molecule has 0 spiro atoms. The van der Waals surface area contributed by atoms with E-state index >= 15 is 0 Å². The SMILES string of the molecule is CCCNCc1cc(F)cnc1N1CCCC(CC)CC1. The number of halogens is 1. The second-order valence-corrected chi connectivity index (χ2v) is 6.01. The normalized spacial score (nSPS) is 19.6. The number of rotatable bonds is 6. The van der Waals surface area contributed by atoms with E-state index < -0.39 is 0 Å². The summed E-state index contributed by atoms with van der Waals surface area (Å²) in [7, 11) is 0. The van der Waals surface area contributed by atoms with Crippen LogP contribution in [0.3, 0.4) is 0 Å². The molecular formula is C17H28FN3. The fourth-order valence-electron chi connectivity index (χ4n) is 3.07. The zero-order chi connectivity index (χ0) is 15.1. The van der Waals surface area contributed by atoms with Crippen molar-refractivity contribution >= 4 is 5.82 Å². The molecule has 118 valence electrons. The van der Waals surface area contributed by atoms with E-state index in [1.54, 1.807) is 6.07 Å². The minimum absolute atomic E-state index is 0.242. The number of nitrogens with zero attached hydrogens (tertiary/aromatic N) is 2. The molecule has 2 heterocycles. The molecule has 4 heteroatoms. The Labute approximate surface area is 127 Å². The van der Waals surface area contributed by atoms with E-state index in [1.165, 1.54) is 31.9 Å². The van der Waals surface area contributed by atoms with Gasteiger partial charge in [-0.2, -0.15) is 0 Å². The summed E-state index contributed by atoms with van der Waals surface area (Å²) in [5, 5.41) is 3.36. The van der Waals surface area contributed by atoms with E-state index in [1.807, 2.05) is 0 Å². The number of nitrogens with one attached hydrogen (secondary N) is 1. The molecule has 0 amide bonds. The van der Waals surface area contributed by atoms with Crippen molar-refractivity contribution in [2.75, 3.05) is 24.5 Å². The molecule has 2 rings (SSSR count). The van der Waals surface area contributed by atoms with Crippen LogP contribution in [-0.2, 0) is 6.54 Å². The molecular weight excluding hydrogens is 265 g/mol. The third-order valence-electron chi connectivity index (χ3n) is 4.38. The highest BCUT2D eigenvalue weighted by Gasteiger charge is 2.19. The lowest BCUT2D eigenvalue weighted by Gasteiger charge is -2.24. The van der Waals surface area contributed by atoms with Gasteiger partial charge in [-0.05, 0) is 44.2 Å². The van der Waals surface area contributed by atoms with Crippen LogP contribution in [0.5, 0.6) is 0 Å². The van der Waals surface area contributed by atoms with Crippen molar-refractivity contribution in [3.63, 3.8) is 0 Å². The molecule has 1 unspecified atom stereocenters. The van der Waals surface area contributed by atoms with Gasteiger partial charge in [0.05, 0.1) is 6.20 Å². The van der Waals surface area contributed by atoms with Crippen LogP contribution in [0.4, 0.5) is 10.2 Å². The Morgan fingerprint density at radius 1 is 1.33 bits per heavy atom. The van der Waals surface area contributed by atoms with E-state index in [9.17, 15) is 4.39 Å². The molecule has 3 nitrogen and oxygen atoms in total. The Kier molecular flexibility index (Phi) is 6.43. The number of pyridine rings is 1. The number of anilines is 1. The summed E-state index contributed by atoms with van der Waals surface area (Å²) in [5.74, 6) is 1.56. The molecule has 0 saturated carbocycles. The fraction of sp³-hybridized carbons (Fsp3) is 0.706. The first-order chi connectivity index (χ1) is 10.2. The predicted octanol–water partition coefficient (Wildman–Crippen LogP) is 3.74. The molecule has 1 saturated heterocycles. The Balaban J connectivity index is 2.10. The minimum atomic E-state index is -0.242. The highest BCUT2D eigenvalue weighted by atomic mass is 19.1. The highest BCUT2D eigenvalue weighted by molar-refractivity contribution is 5.47. The quantitative estimate of drug-likeness (QED) is 0.810. The van der Waals surface area contributed by atoms with Crippen LogP contribution in [0.15, 0.2) is 12.3 Å². The van der Waals surface area contributed by atoms with E-state index in [0.717, 1.165) is 43.4 Å². The van der Waals surface area contributed by atoms with Crippen LogP contribution in [0.1, 0.15) is 51.5 Å². The van der Waals surface area contributed by atoms with Gasteiger partial charge in [0.25, 0.3) is 0 Å². The lowest BCUT2D eigenvalue weighted by atomic mass is 9.98. The van der Waals surface area contributed by atoms with Crippen LogP contribution in [0, 0.1) is 11.7 Å². The summed E-state index contributed by atoms with van der Waals surface area (Å²) >= 11 is 0. The van der Waals surface area contributed by atoms with E-state index in [-0.39, 0.29) is 5.82 Å². The Bertz CT molecular complexity index is 436. The summed E-state index contributed by atoms with van der Waals surface area (Å²) in [6.07, 6.45) is 7.42. The molecule has 21 heavy (non-hydrogen) atoms. The second kappa shape index (κ2) is 8.32. The van der Waals surface area contributed by atoms with E-state index in [0.29, 0.717) is 6.54 Å². The van der Waals surface area contributed by atoms with Crippen LogP contribution in [0.25, 0.3) is 0 Å². The average Bonchev–Trinajstić information content (AvgIpc) is 2.73. The van der Waals surface area contributed by atoms with Gasteiger partial charge < -0.3 is 10.2 Å². The first-order valence-corrected chi connectivity index (χ1v) is 8.34. The summed E-state index contributed by atoms with van der Waals surface area (Å²) in [6.45, 7) is 8.14. The molecule has 1 aliphatic heterocycles. The van der Waals surface area contributed by atoms with Crippen molar-refractivity contribution in [2.24, 2.45) is 5.92 Å². The molecule has 1 fully saturated rings. The Hall–Kier alpha value is -1.16. The molecule has 0 aliphatic carbocycles. The van der Waals surface area contributed by atoms with Gasteiger partial charge in [-0.25, -0.2) is 9.37 Å². The van der Waals surface area contributed by atoms with Gasteiger partial charge in [-0.3, -0.25) is 0 Å². The van der Waals surface area contributed by atoms with Gasteiger partial charge in [-0.15, -0.1) is 0 Å². The third-order valence-corrected chi connectivity index (χ3v) is 4.38. The predicted molar refractivity (Wildman–Crippen MR) is 86.0 cm³/mol. The molecule has 1 atom stereocenters. The maximum absolute atomic E-state index is 13.5. The maximum atomic E-state index is 13.5. The largest absolute Gasteiger partial charge is 0.356 e. The zero-order valence-electron chi connectivity index (χ0n) is 13.4. The second-order valence-electron chi connectivity index (χ2n) is 6.01. The third kappa shape index (κ3) is 4.67. The van der Waals surface area contributed by atoms with Crippen molar-refractivity contribution in [3.05, 3.63) is 23.6 Å². The van der Waals surface area contributed by atoms with Gasteiger partial charge >= 0.3 is 0 Å². The van der Waals surface area contributed by atoms with Crippen molar-refractivity contribution in [3.8, 4) is 0 Å². The maximum Gasteiger partial charge on any atom is 0.141 e. The van der Waals surface area contributed by atoms with Gasteiger partial charge in [0.1, 0.15) is 11.6 Å². The lowest BCUT2D eigenvalue weighted by molar-refractivity contribution is 0.459. The van der Waals surface area contributed by atoms with E-state index in [4.69, 9.17) is 0 Å². The molecule has 1 aliphatic rings. The average molecular weight is 293 g/mol. The molecule has 0 bridgehead atoms. The summed E-state index contributed by atoms with van der Waals surface area (Å²) in [5.41, 5.74) is 0.985. The molecule has 0 radical (unpaired) electrons. The first-order valence-electron chi connectivity index (χ1n) is 8.34. The minimum Gasteiger partial charge on any atom is -0.356 e. The number of hydrogen-bond acceptors (Lipinski definition) is 3. The van der Waals surface area contributed by atoms with Gasteiger partial charge in [0.15, 0.2) is 0 Å². The Morgan fingerprint density at radius 3 is 2.95 bits per heavy atom. The fourth-order valence-corrected chi connectivity index (χ4v) is 3.07. The lowest BCUT2D eigenvalue weighted by Crippen LogP contribution is -2.28. The van der Waals surface area contributed by atoms with Crippen LogP contribution >= 0.6 is 0 Å². The molecule has 1 aromatic rings. The standard InChI is InChI=1S/C17H28FN3/c1-3-8-19-12-15-11-16(18)13-20-17(15)21-9-5-6-14(4-2)7-10-21/h11,13-14,19H,3-10,12H2,1-2H3. The number of hydrogen-bond donors (Lipinski definition) is 1. The van der Waals surface area contributed by atoms with Gasteiger partial charge in [-0.1, -0.05) is 20.3 Å². The van der Waals surface area contributed by atoms with Crippen LogP contribution < -0.4 is 10.2 Å². The highest BCUT2D eigenvalue weighted by Crippen LogP contribution is 2.25. The van der Waals surface area contributed by atoms with Crippen molar-refractivity contribution in [2.45, 2.75) is 52.5 Å².